The Bertz CT molecular complexity index is 1470. The van der Waals surface area contributed by atoms with Crippen LogP contribution in [-0.4, -0.2) is 23.0 Å². The maximum atomic E-state index is 13.8. The lowest BCUT2D eigenvalue weighted by atomic mass is 9.97. The van der Waals surface area contributed by atoms with Crippen LogP contribution in [-0.2, 0) is 12.8 Å². The normalized spacial score (nSPS) is 13.6. The van der Waals surface area contributed by atoms with Gasteiger partial charge >= 0.3 is 0 Å². The highest BCUT2D eigenvalue weighted by Gasteiger charge is 2.23. The van der Waals surface area contributed by atoms with E-state index in [0.29, 0.717) is 32.6 Å². The van der Waals surface area contributed by atoms with E-state index in [1.165, 1.54) is 16.7 Å². The molecule has 2 aromatic heterocycles. The molecule has 0 spiro atoms. The smallest absolute Gasteiger partial charge is 0.283 e. The Morgan fingerprint density at radius 2 is 1.97 bits per heavy atom. The zero-order valence-corrected chi connectivity index (χ0v) is 20.5. The Balaban J connectivity index is 1.78. The van der Waals surface area contributed by atoms with Crippen LogP contribution in [0, 0.1) is 6.92 Å². The average molecular weight is 498 g/mol. The van der Waals surface area contributed by atoms with Crippen LogP contribution in [0.5, 0.6) is 5.75 Å². The summed E-state index contributed by atoms with van der Waals surface area (Å²) in [5.41, 5.74) is 3.40. The number of hydrogen-bond acceptors (Lipinski definition) is 5. The topological polar surface area (TPSA) is 56.5 Å². The van der Waals surface area contributed by atoms with Gasteiger partial charge in [0.25, 0.3) is 5.56 Å². The van der Waals surface area contributed by atoms with Gasteiger partial charge in [-0.05, 0) is 55.9 Å². The van der Waals surface area contributed by atoms with E-state index in [4.69, 9.17) is 32.9 Å². The molecule has 2 heterocycles. The molecule has 0 aliphatic heterocycles. The van der Waals surface area contributed by atoms with Crippen molar-refractivity contribution < 1.29 is 4.74 Å². The monoisotopic (exact) mass is 497 g/mol. The summed E-state index contributed by atoms with van der Waals surface area (Å²) in [5, 5.41) is 6.09. The van der Waals surface area contributed by atoms with Crippen molar-refractivity contribution in [1.82, 2.24) is 9.66 Å². The van der Waals surface area contributed by atoms with Crippen molar-refractivity contribution in [1.29, 1.82) is 0 Å². The molecule has 1 aliphatic carbocycles. The van der Waals surface area contributed by atoms with Gasteiger partial charge in [0.05, 0.1) is 23.7 Å². The average Bonchev–Trinajstić information content (AvgIpc) is 3.17. The van der Waals surface area contributed by atoms with Crippen LogP contribution in [0.3, 0.4) is 0 Å². The van der Waals surface area contributed by atoms with Gasteiger partial charge in [-0.15, -0.1) is 11.3 Å². The maximum Gasteiger partial charge on any atom is 0.283 e. The summed E-state index contributed by atoms with van der Waals surface area (Å²) >= 11 is 14.1. The molecular formula is C25H21Cl2N3O2S. The predicted octanol–water partition coefficient (Wildman–Crippen LogP) is 6.51. The molecule has 4 aromatic rings. The third-order valence-electron chi connectivity index (χ3n) is 5.91. The first-order chi connectivity index (χ1) is 16.0. The van der Waals surface area contributed by atoms with E-state index in [2.05, 4.69) is 5.10 Å². The fourth-order valence-corrected chi connectivity index (χ4v) is 6.15. The molecule has 0 N–H and O–H groups in total. The highest BCUT2D eigenvalue weighted by atomic mass is 35.5. The number of hydrogen-bond donors (Lipinski definition) is 0. The molecule has 33 heavy (non-hydrogen) atoms. The second kappa shape index (κ2) is 8.93. The summed E-state index contributed by atoms with van der Waals surface area (Å²) in [6.45, 7) is 2.00. The highest BCUT2D eigenvalue weighted by Crippen LogP contribution is 2.35. The van der Waals surface area contributed by atoms with E-state index < -0.39 is 0 Å². The number of methoxy groups -OCH3 is 1. The van der Waals surface area contributed by atoms with Gasteiger partial charge in [-0.3, -0.25) is 4.79 Å². The number of fused-ring (bicyclic) bond motifs is 3. The van der Waals surface area contributed by atoms with Crippen molar-refractivity contribution in [2.45, 2.75) is 32.6 Å². The molecule has 0 saturated carbocycles. The molecule has 0 amide bonds. The zero-order chi connectivity index (χ0) is 23.1. The number of aromatic nitrogens is 2. The molecule has 0 atom stereocenters. The summed E-state index contributed by atoms with van der Waals surface area (Å²) in [6, 6.07) is 11.2. The zero-order valence-electron chi connectivity index (χ0n) is 18.2. The Hall–Kier alpha value is -2.67. The fraction of sp³-hybridized carbons (Fsp3) is 0.240. The summed E-state index contributed by atoms with van der Waals surface area (Å²) in [7, 11) is 1.53. The maximum absolute atomic E-state index is 13.8. The number of aryl methyl sites for hydroxylation is 3. The van der Waals surface area contributed by atoms with Crippen LogP contribution >= 0.6 is 34.5 Å². The van der Waals surface area contributed by atoms with Crippen molar-refractivity contribution in [3.63, 3.8) is 0 Å². The quantitative estimate of drug-likeness (QED) is 0.302. The molecule has 0 radical (unpaired) electrons. The first-order valence-electron chi connectivity index (χ1n) is 10.7. The van der Waals surface area contributed by atoms with Crippen molar-refractivity contribution in [2.75, 3.05) is 7.11 Å². The summed E-state index contributed by atoms with van der Waals surface area (Å²) < 4.78 is 6.82. The van der Waals surface area contributed by atoms with Crippen LogP contribution < -0.4 is 10.3 Å². The van der Waals surface area contributed by atoms with Crippen molar-refractivity contribution >= 4 is 51.0 Å². The Morgan fingerprint density at radius 1 is 1.18 bits per heavy atom. The molecule has 0 fully saturated rings. The molecule has 5 nitrogen and oxygen atoms in total. The van der Waals surface area contributed by atoms with Crippen molar-refractivity contribution in [3.05, 3.63) is 78.4 Å². The summed E-state index contributed by atoms with van der Waals surface area (Å²) in [4.78, 5) is 20.8. The second-order valence-corrected chi connectivity index (χ2v) is 9.94. The molecule has 1 aliphatic rings. The van der Waals surface area contributed by atoms with E-state index in [-0.39, 0.29) is 5.56 Å². The van der Waals surface area contributed by atoms with Crippen molar-refractivity contribution in [2.24, 2.45) is 5.10 Å². The lowest BCUT2D eigenvalue weighted by Crippen LogP contribution is -2.21. The molecule has 8 heteroatoms. The van der Waals surface area contributed by atoms with Gasteiger partial charge in [0, 0.05) is 21.0 Å². The largest absolute Gasteiger partial charge is 0.495 e. The minimum Gasteiger partial charge on any atom is -0.495 e. The predicted molar refractivity (Wildman–Crippen MR) is 137 cm³/mol. The van der Waals surface area contributed by atoms with Crippen LogP contribution in [0.15, 0.2) is 46.3 Å². The van der Waals surface area contributed by atoms with E-state index in [9.17, 15) is 4.79 Å². The number of thiophene rings is 1. The SMILES string of the molecule is COc1c(Cl)cc(Cl)cc1C=Nn1c(-c2ccccc2C)nc2sc3c(c2c1=O)CCCC3. The third kappa shape index (κ3) is 3.97. The molecular weight excluding hydrogens is 477 g/mol. The number of benzene rings is 2. The number of halogens is 2. The molecule has 0 bridgehead atoms. The first-order valence-corrected chi connectivity index (χ1v) is 12.3. The van der Waals surface area contributed by atoms with Gasteiger partial charge in [0.15, 0.2) is 5.82 Å². The highest BCUT2D eigenvalue weighted by molar-refractivity contribution is 7.18. The van der Waals surface area contributed by atoms with Crippen LogP contribution in [0.4, 0.5) is 0 Å². The minimum atomic E-state index is -0.166. The Labute approximate surface area is 205 Å². The third-order valence-corrected chi connectivity index (χ3v) is 7.59. The van der Waals surface area contributed by atoms with Crippen molar-refractivity contribution in [3.8, 4) is 17.1 Å². The molecule has 168 valence electrons. The Kier molecular flexibility index (Phi) is 5.99. The summed E-state index contributed by atoms with van der Waals surface area (Å²) in [5.74, 6) is 0.949. The van der Waals surface area contributed by atoms with E-state index in [1.807, 2.05) is 31.2 Å². The Morgan fingerprint density at radius 3 is 2.76 bits per heavy atom. The van der Waals surface area contributed by atoms with E-state index in [1.54, 1.807) is 29.7 Å². The number of rotatable bonds is 4. The molecule has 0 unspecified atom stereocenters. The van der Waals surface area contributed by atoms with Gasteiger partial charge in [-0.1, -0.05) is 47.5 Å². The van der Waals surface area contributed by atoms with Gasteiger partial charge < -0.3 is 4.74 Å². The number of nitrogens with zero attached hydrogens (tertiary/aromatic N) is 3. The lowest BCUT2D eigenvalue weighted by Gasteiger charge is -2.12. The molecule has 0 saturated heterocycles. The van der Waals surface area contributed by atoms with E-state index in [0.717, 1.165) is 47.2 Å². The second-order valence-electron chi connectivity index (χ2n) is 8.01. The fourth-order valence-electron chi connectivity index (χ4n) is 4.31. The van der Waals surface area contributed by atoms with Gasteiger partial charge in [0.2, 0.25) is 0 Å². The summed E-state index contributed by atoms with van der Waals surface area (Å²) in [6.07, 6.45) is 5.67. The van der Waals surface area contributed by atoms with Crippen LogP contribution in [0.1, 0.15) is 34.4 Å². The van der Waals surface area contributed by atoms with Gasteiger partial charge in [0.1, 0.15) is 10.6 Å². The van der Waals surface area contributed by atoms with Crippen LogP contribution in [0.25, 0.3) is 21.6 Å². The number of ether oxygens (including phenoxy) is 1. The lowest BCUT2D eigenvalue weighted by molar-refractivity contribution is 0.414. The van der Waals surface area contributed by atoms with Crippen LogP contribution in [0.2, 0.25) is 10.0 Å². The standard InChI is InChI=1S/C25H21Cl2N3O2S/c1-14-7-3-4-8-17(14)23-29-24-21(18-9-5-6-10-20(18)33-24)25(31)30(23)28-13-15-11-16(26)12-19(27)22(15)32-2/h3-4,7-8,11-13H,5-6,9-10H2,1-2H3. The first kappa shape index (κ1) is 22.1. The minimum absolute atomic E-state index is 0.166. The van der Waals surface area contributed by atoms with Gasteiger partial charge in [-0.2, -0.15) is 9.78 Å². The molecule has 5 rings (SSSR count). The van der Waals surface area contributed by atoms with Gasteiger partial charge in [-0.25, -0.2) is 4.98 Å². The molecule has 2 aromatic carbocycles. The van der Waals surface area contributed by atoms with E-state index >= 15 is 0 Å².